The summed E-state index contributed by atoms with van der Waals surface area (Å²) in [5, 5.41) is 7.53. The molecule has 0 amide bonds. The van der Waals surface area contributed by atoms with Gasteiger partial charge in [-0.1, -0.05) is 170 Å². The summed E-state index contributed by atoms with van der Waals surface area (Å²) in [6.45, 7) is 0. The molecule has 244 valence electrons. The van der Waals surface area contributed by atoms with Gasteiger partial charge < -0.3 is 4.90 Å². The molecule has 52 heavy (non-hydrogen) atoms. The summed E-state index contributed by atoms with van der Waals surface area (Å²) in [4.78, 5) is 2.49. The van der Waals surface area contributed by atoms with Crippen LogP contribution < -0.4 is 4.90 Å². The van der Waals surface area contributed by atoms with Crippen molar-refractivity contribution in [3.63, 3.8) is 0 Å². The molecule has 0 saturated heterocycles. The summed E-state index contributed by atoms with van der Waals surface area (Å²) < 4.78 is 2.57. The van der Waals surface area contributed by atoms with Crippen molar-refractivity contribution in [1.29, 1.82) is 0 Å². The molecule has 0 saturated carbocycles. The normalized spacial score (nSPS) is 11.5. The molecule has 0 spiro atoms. The Morgan fingerprint density at radius 3 is 1.71 bits per heavy atom. The van der Waals surface area contributed by atoms with Crippen molar-refractivity contribution in [3.8, 4) is 33.4 Å². The first-order valence-electron chi connectivity index (χ1n) is 17.8. The van der Waals surface area contributed by atoms with Gasteiger partial charge in [0, 0.05) is 26.5 Å². The van der Waals surface area contributed by atoms with Gasteiger partial charge in [0.25, 0.3) is 0 Å². The van der Waals surface area contributed by atoms with E-state index in [9.17, 15) is 0 Å². The zero-order valence-corrected chi connectivity index (χ0v) is 29.2. The van der Waals surface area contributed by atoms with Crippen molar-refractivity contribution in [3.05, 3.63) is 200 Å². The molecule has 0 aliphatic heterocycles. The largest absolute Gasteiger partial charge is 0.308 e. The van der Waals surface area contributed by atoms with Crippen LogP contribution in [0.2, 0.25) is 0 Å². The first-order chi connectivity index (χ1) is 25.8. The van der Waals surface area contributed by atoms with Crippen LogP contribution in [0.4, 0.5) is 17.1 Å². The molecule has 9 aromatic carbocycles. The van der Waals surface area contributed by atoms with E-state index in [-0.39, 0.29) is 0 Å². The molecule has 0 fully saturated rings. The number of anilines is 3. The zero-order chi connectivity index (χ0) is 34.4. The van der Waals surface area contributed by atoms with Gasteiger partial charge in [0.05, 0.1) is 16.1 Å². The quantitative estimate of drug-likeness (QED) is 0.169. The molecule has 1 nitrogen and oxygen atoms in total. The van der Waals surface area contributed by atoms with Crippen molar-refractivity contribution < 1.29 is 0 Å². The Morgan fingerprint density at radius 1 is 0.346 bits per heavy atom. The minimum atomic E-state index is 1.12. The summed E-state index contributed by atoms with van der Waals surface area (Å²) in [6.07, 6.45) is 0. The lowest BCUT2D eigenvalue weighted by atomic mass is 9.88. The first-order valence-corrected chi connectivity index (χ1v) is 18.6. The number of fused-ring (bicyclic) bond motifs is 5. The van der Waals surface area contributed by atoms with Gasteiger partial charge in [0.2, 0.25) is 0 Å². The van der Waals surface area contributed by atoms with Crippen LogP contribution in [-0.4, -0.2) is 0 Å². The summed E-state index contributed by atoms with van der Waals surface area (Å²) in [7, 11) is 0. The molecule has 2 heteroatoms. The Hall–Kier alpha value is -6.48. The van der Waals surface area contributed by atoms with Crippen LogP contribution in [0.5, 0.6) is 0 Å². The van der Waals surface area contributed by atoms with Gasteiger partial charge in [-0.2, -0.15) is 0 Å². The lowest BCUT2D eigenvalue weighted by Crippen LogP contribution is -2.11. The minimum absolute atomic E-state index is 1.12. The number of nitrogens with zero attached hydrogens (tertiary/aromatic N) is 1. The SMILES string of the molecule is c1ccc(-c2cc(N(c3ccc(-c4cccc5ccccc45)cc3)c3cccc4c3sc3ccccc34)c3ccccc3c2-c2ccccc2)cc1. The van der Waals surface area contributed by atoms with Gasteiger partial charge >= 0.3 is 0 Å². The van der Waals surface area contributed by atoms with Crippen molar-refractivity contribution in [2.75, 3.05) is 4.90 Å². The smallest absolute Gasteiger partial charge is 0.0640 e. The summed E-state index contributed by atoms with van der Waals surface area (Å²) in [5.74, 6) is 0. The monoisotopic (exact) mass is 679 g/mol. The topological polar surface area (TPSA) is 3.24 Å². The highest BCUT2D eigenvalue weighted by molar-refractivity contribution is 7.26. The molecular formula is C50H33NS. The van der Waals surface area contributed by atoms with E-state index in [0.717, 1.165) is 11.4 Å². The Balaban J connectivity index is 1.27. The molecule has 1 heterocycles. The predicted octanol–water partition coefficient (Wildman–Crippen LogP) is 14.8. The summed E-state index contributed by atoms with van der Waals surface area (Å²) >= 11 is 1.87. The van der Waals surface area contributed by atoms with Crippen molar-refractivity contribution in [2.24, 2.45) is 0 Å². The number of hydrogen-bond donors (Lipinski definition) is 0. The van der Waals surface area contributed by atoms with E-state index < -0.39 is 0 Å². The maximum Gasteiger partial charge on any atom is 0.0640 e. The summed E-state index contributed by atoms with van der Waals surface area (Å²) in [5.41, 5.74) is 10.7. The maximum absolute atomic E-state index is 2.49. The molecule has 0 radical (unpaired) electrons. The van der Waals surface area contributed by atoms with Crippen molar-refractivity contribution >= 4 is 70.1 Å². The molecule has 0 N–H and O–H groups in total. The van der Waals surface area contributed by atoms with Crippen molar-refractivity contribution in [1.82, 2.24) is 0 Å². The molecule has 10 aromatic rings. The highest BCUT2D eigenvalue weighted by Crippen LogP contribution is 2.50. The van der Waals surface area contributed by atoms with Crippen LogP contribution in [0.25, 0.3) is 75.1 Å². The molecule has 10 rings (SSSR count). The van der Waals surface area contributed by atoms with Crippen LogP contribution in [0.3, 0.4) is 0 Å². The number of hydrogen-bond acceptors (Lipinski definition) is 2. The lowest BCUT2D eigenvalue weighted by molar-refractivity contribution is 1.32. The third-order valence-electron chi connectivity index (χ3n) is 10.3. The van der Waals surface area contributed by atoms with E-state index in [1.54, 1.807) is 0 Å². The second-order valence-corrected chi connectivity index (χ2v) is 14.3. The van der Waals surface area contributed by atoms with E-state index in [4.69, 9.17) is 0 Å². The molecule has 0 aliphatic carbocycles. The third-order valence-corrected chi connectivity index (χ3v) is 11.5. The van der Waals surface area contributed by atoms with Gasteiger partial charge in [-0.25, -0.2) is 0 Å². The van der Waals surface area contributed by atoms with E-state index >= 15 is 0 Å². The second kappa shape index (κ2) is 12.7. The van der Waals surface area contributed by atoms with Crippen LogP contribution in [0, 0.1) is 0 Å². The fourth-order valence-corrected chi connectivity index (χ4v) is 9.09. The van der Waals surface area contributed by atoms with Gasteiger partial charge in [-0.3, -0.25) is 0 Å². The van der Waals surface area contributed by atoms with Crippen LogP contribution in [-0.2, 0) is 0 Å². The van der Waals surface area contributed by atoms with Gasteiger partial charge in [-0.05, 0) is 79.9 Å². The molecule has 0 bridgehead atoms. The van der Waals surface area contributed by atoms with Gasteiger partial charge in [-0.15, -0.1) is 11.3 Å². The second-order valence-electron chi connectivity index (χ2n) is 13.3. The fraction of sp³-hybridized carbons (Fsp3) is 0. The van der Waals surface area contributed by atoms with E-state index in [2.05, 4.69) is 205 Å². The van der Waals surface area contributed by atoms with Crippen LogP contribution in [0.15, 0.2) is 200 Å². The molecule has 0 aliphatic rings. The number of benzene rings is 9. The maximum atomic E-state index is 2.49. The Kier molecular flexibility index (Phi) is 7.41. The molecule has 0 atom stereocenters. The standard InChI is InChI=1S/C50H33NS/c1-3-15-35(16-4-1)45-33-47(41-22-9-10-24-43(41)49(45)37-18-5-2-6-19-37)51(46-27-14-26-44-42-23-11-12-28-48(42)52-50(44)46)38-31-29-36(30-32-38)40-25-13-20-34-17-7-8-21-39(34)40/h1-33H. The number of rotatable bonds is 6. The lowest BCUT2D eigenvalue weighted by Gasteiger charge is -2.29. The first kappa shape index (κ1) is 30.4. The molecular weight excluding hydrogens is 647 g/mol. The highest BCUT2D eigenvalue weighted by atomic mass is 32.1. The van der Waals surface area contributed by atoms with Gasteiger partial charge in [0.15, 0.2) is 0 Å². The van der Waals surface area contributed by atoms with Crippen LogP contribution >= 0.6 is 11.3 Å². The Labute approximate surface area is 307 Å². The molecule has 1 aromatic heterocycles. The fourth-order valence-electron chi connectivity index (χ4n) is 7.89. The van der Waals surface area contributed by atoms with Gasteiger partial charge in [0.1, 0.15) is 0 Å². The highest BCUT2D eigenvalue weighted by Gasteiger charge is 2.23. The zero-order valence-electron chi connectivity index (χ0n) is 28.4. The third kappa shape index (κ3) is 5.07. The Bertz CT molecular complexity index is 2880. The minimum Gasteiger partial charge on any atom is -0.308 e. The molecule has 0 unspecified atom stereocenters. The van der Waals surface area contributed by atoms with E-state index in [1.165, 1.54) is 80.8 Å². The van der Waals surface area contributed by atoms with E-state index in [0.29, 0.717) is 0 Å². The van der Waals surface area contributed by atoms with Crippen molar-refractivity contribution in [2.45, 2.75) is 0 Å². The summed E-state index contributed by atoms with van der Waals surface area (Å²) in [6, 6.07) is 73.0. The van der Waals surface area contributed by atoms with E-state index in [1.807, 2.05) is 11.3 Å². The average molecular weight is 680 g/mol. The van der Waals surface area contributed by atoms with Crippen LogP contribution in [0.1, 0.15) is 0 Å². The number of thiophene rings is 1. The predicted molar refractivity (Wildman–Crippen MR) is 225 cm³/mol. The average Bonchev–Trinajstić information content (AvgIpc) is 3.61. The Morgan fingerprint density at radius 2 is 0.923 bits per heavy atom.